The van der Waals surface area contributed by atoms with Gasteiger partial charge in [-0.25, -0.2) is 0 Å². The minimum atomic E-state index is -3.83. The molecule has 0 saturated carbocycles. The van der Waals surface area contributed by atoms with Crippen molar-refractivity contribution < 1.29 is 43.4 Å². The van der Waals surface area contributed by atoms with Gasteiger partial charge in [0.1, 0.15) is 0 Å². The number of hydrogen-bond donors (Lipinski definition) is 4. The van der Waals surface area contributed by atoms with Crippen molar-refractivity contribution in [2.75, 3.05) is 0 Å². The predicted molar refractivity (Wildman–Crippen MR) is 71.0 cm³/mol. The molecular weight excluding hydrogens is 355 g/mol. The first kappa shape index (κ1) is 26.6. The van der Waals surface area contributed by atoms with Crippen molar-refractivity contribution >= 4 is 40.5 Å². The van der Waals surface area contributed by atoms with E-state index in [0.717, 1.165) is 6.42 Å². The zero-order chi connectivity index (χ0) is 13.8. The van der Waals surface area contributed by atoms with Crippen molar-refractivity contribution in [3.63, 3.8) is 0 Å². The van der Waals surface area contributed by atoms with Crippen LogP contribution in [0.3, 0.4) is 0 Å². The standard InChI is InChI=1S/C6H13.Co.2H2O3S2/c1-3-5-6-4-2;;2*1-5(2,3)4/h1,3-6H2,2H3;;2*(H2,1,2,3,4)/q-1;;;. The number of rotatable bonds is 3. The van der Waals surface area contributed by atoms with Crippen LogP contribution < -0.4 is 0 Å². The van der Waals surface area contributed by atoms with E-state index in [2.05, 4.69) is 36.2 Å². The maximum Gasteiger partial charge on any atom is 0.263 e. The van der Waals surface area contributed by atoms with E-state index < -0.39 is 18.1 Å². The maximum absolute atomic E-state index is 9.11. The zero-order valence-electron chi connectivity index (χ0n) is 9.11. The van der Waals surface area contributed by atoms with Crippen molar-refractivity contribution in [3.05, 3.63) is 6.92 Å². The summed E-state index contributed by atoms with van der Waals surface area (Å²) >= 11 is 6.93. The average Bonchev–Trinajstić information content (AvgIpc) is 1.94. The Morgan fingerprint density at radius 2 is 1.24 bits per heavy atom. The van der Waals surface area contributed by atoms with Gasteiger partial charge in [0, 0.05) is 39.2 Å². The van der Waals surface area contributed by atoms with Gasteiger partial charge in [-0.2, -0.15) is 14.8 Å². The first-order chi connectivity index (χ1) is 6.91. The monoisotopic (exact) mass is 372 g/mol. The molecule has 0 aromatic rings. The zero-order valence-corrected chi connectivity index (χ0v) is 13.4. The van der Waals surface area contributed by atoms with Crippen LogP contribution in [0.4, 0.5) is 0 Å². The Morgan fingerprint density at radius 1 is 1.00 bits per heavy atom. The van der Waals surface area contributed by atoms with Crippen LogP contribution in [0, 0.1) is 6.92 Å². The number of hydrogen-bond acceptors (Lipinski definition) is 4. The summed E-state index contributed by atoms with van der Waals surface area (Å²) in [6.45, 7) is 5.93. The Bertz CT molecular complexity index is 274. The molecule has 0 saturated heterocycles. The van der Waals surface area contributed by atoms with Crippen molar-refractivity contribution in [2.45, 2.75) is 32.6 Å². The van der Waals surface area contributed by atoms with Crippen LogP contribution in [0.25, 0.3) is 0 Å². The van der Waals surface area contributed by atoms with Crippen LogP contribution in [0.1, 0.15) is 32.6 Å². The molecule has 0 aromatic heterocycles. The van der Waals surface area contributed by atoms with E-state index >= 15 is 0 Å². The molecule has 0 aliphatic rings. The van der Waals surface area contributed by atoms with E-state index in [1.165, 1.54) is 19.3 Å². The van der Waals surface area contributed by atoms with E-state index in [-0.39, 0.29) is 16.8 Å². The van der Waals surface area contributed by atoms with E-state index in [0.29, 0.717) is 0 Å². The Labute approximate surface area is 123 Å². The molecule has 0 aliphatic heterocycles. The Morgan fingerprint density at radius 3 is 1.29 bits per heavy atom. The smallest absolute Gasteiger partial charge is 0.263 e. The van der Waals surface area contributed by atoms with Gasteiger partial charge in [0.25, 0.3) is 18.1 Å². The molecule has 0 spiro atoms. The van der Waals surface area contributed by atoms with Crippen LogP contribution >= 0.6 is 0 Å². The normalized spacial score (nSPS) is 10.0. The predicted octanol–water partition coefficient (Wildman–Crippen LogP) is 1.76. The van der Waals surface area contributed by atoms with Crippen molar-refractivity contribution in [1.82, 2.24) is 0 Å². The van der Waals surface area contributed by atoms with Crippen LogP contribution in [-0.2, 0) is 57.3 Å². The molecule has 0 amide bonds. The van der Waals surface area contributed by atoms with Gasteiger partial charge >= 0.3 is 0 Å². The quantitative estimate of drug-likeness (QED) is 0.438. The molecule has 111 valence electrons. The fraction of sp³-hybridized carbons (Fsp3) is 0.833. The summed E-state index contributed by atoms with van der Waals surface area (Å²) in [5.74, 6) is 0. The van der Waals surface area contributed by atoms with E-state index in [9.17, 15) is 0 Å². The first-order valence-electron chi connectivity index (χ1n) is 4.10. The fourth-order valence-electron chi connectivity index (χ4n) is 0.427. The fourth-order valence-corrected chi connectivity index (χ4v) is 0.427. The minimum Gasteiger partial charge on any atom is -0.343 e. The molecule has 11 heteroatoms. The van der Waals surface area contributed by atoms with Crippen molar-refractivity contribution in [1.29, 1.82) is 0 Å². The van der Waals surface area contributed by atoms with Crippen LogP contribution in [0.15, 0.2) is 0 Å². The summed E-state index contributed by atoms with van der Waals surface area (Å²) in [6.07, 6.45) is 5.07. The molecule has 17 heavy (non-hydrogen) atoms. The SMILES string of the molecule is O=S(O)(O)=S.O=S(O)(O)=S.[CH2-]CCCCC.[Co]. The summed E-state index contributed by atoms with van der Waals surface area (Å²) < 4.78 is 47.9. The van der Waals surface area contributed by atoms with Crippen LogP contribution in [0.2, 0.25) is 0 Å². The van der Waals surface area contributed by atoms with Crippen molar-refractivity contribution in [2.24, 2.45) is 0 Å². The van der Waals surface area contributed by atoms with E-state index in [1.54, 1.807) is 0 Å². The molecule has 6 nitrogen and oxygen atoms in total. The van der Waals surface area contributed by atoms with Gasteiger partial charge < -0.3 is 6.92 Å². The Kier molecular flexibility index (Phi) is 23.7. The van der Waals surface area contributed by atoms with Gasteiger partial charge in [-0.3, -0.25) is 18.2 Å². The van der Waals surface area contributed by atoms with Gasteiger partial charge in [-0.05, 0) is 0 Å². The van der Waals surface area contributed by atoms with Crippen LogP contribution in [0.5, 0.6) is 0 Å². The van der Waals surface area contributed by atoms with E-state index in [4.69, 9.17) is 26.6 Å². The average molecular weight is 372 g/mol. The largest absolute Gasteiger partial charge is 0.343 e. The second-order valence-electron chi connectivity index (χ2n) is 2.46. The summed E-state index contributed by atoms with van der Waals surface area (Å²) in [6, 6.07) is 0. The third kappa shape index (κ3) is 233. The molecule has 0 bridgehead atoms. The second kappa shape index (κ2) is 15.1. The molecule has 0 heterocycles. The van der Waals surface area contributed by atoms with Gasteiger partial charge in [0.05, 0.1) is 0 Å². The molecule has 0 rings (SSSR count). The topological polar surface area (TPSA) is 115 Å². The summed E-state index contributed by atoms with van der Waals surface area (Å²) in [5.41, 5.74) is 0. The van der Waals surface area contributed by atoms with Gasteiger partial charge in [0.2, 0.25) is 0 Å². The summed E-state index contributed by atoms with van der Waals surface area (Å²) in [4.78, 5) is 0. The van der Waals surface area contributed by atoms with Gasteiger partial charge in [-0.15, -0.1) is 0 Å². The number of unbranched alkanes of at least 4 members (excludes halogenated alkanes) is 3. The Hall–Kier alpha value is 1.09. The summed E-state index contributed by atoms with van der Waals surface area (Å²) in [5, 5.41) is 0. The van der Waals surface area contributed by atoms with Gasteiger partial charge in [0.15, 0.2) is 0 Å². The molecule has 1 radical (unpaired) electrons. The molecule has 0 atom stereocenters. The van der Waals surface area contributed by atoms with E-state index in [1.807, 2.05) is 0 Å². The molecule has 0 fully saturated rings. The molecule has 0 aromatic carbocycles. The Balaban J connectivity index is -0.0000000729. The second-order valence-corrected chi connectivity index (χ2v) is 6.85. The molecular formula is C6H17CoO6S4-. The minimum absolute atomic E-state index is 0. The van der Waals surface area contributed by atoms with Gasteiger partial charge in [-0.1, -0.05) is 26.2 Å². The van der Waals surface area contributed by atoms with Crippen LogP contribution in [-0.4, -0.2) is 26.6 Å². The maximum atomic E-state index is 9.11. The molecule has 4 N–H and O–H groups in total. The molecule has 0 aliphatic carbocycles. The van der Waals surface area contributed by atoms with Crippen molar-refractivity contribution in [3.8, 4) is 0 Å². The first-order valence-corrected chi connectivity index (χ1v) is 8.90. The third-order valence-corrected chi connectivity index (χ3v) is 0.854. The summed E-state index contributed by atoms with van der Waals surface area (Å²) in [7, 11) is -7.67. The third-order valence-electron chi connectivity index (χ3n) is 0.854. The molecule has 0 unspecified atom stereocenters.